The number of pyridine rings is 1. The number of carbonyl (C=O) groups excluding carboxylic acids is 1. The molecule has 0 spiro atoms. The minimum Gasteiger partial charge on any atom is -0.496 e. The zero-order valence-corrected chi connectivity index (χ0v) is 19.3. The molecule has 33 heavy (non-hydrogen) atoms. The molecule has 0 aliphatic heterocycles. The summed E-state index contributed by atoms with van der Waals surface area (Å²) in [6.45, 7) is 6.17. The lowest BCUT2D eigenvalue weighted by Crippen LogP contribution is -2.34. The summed E-state index contributed by atoms with van der Waals surface area (Å²) in [7, 11) is 1.65. The van der Waals surface area contributed by atoms with Crippen LogP contribution in [0.5, 0.6) is 5.75 Å². The third-order valence-corrected chi connectivity index (χ3v) is 5.97. The highest BCUT2D eigenvalue weighted by atomic mass is 16.5. The fourth-order valence-corrected chi connectivity index (χ4v) is 4.19. The van der Waals surface area contributed by atoms with Gasteiger partial charge in [-0.05, 0) is 51.0 Å². The Labute approximate surface area is 192 Å². The van der Waals surface area contributed by atoms with E-state index in [-0.39, 0.29) is 17.0 Å². The van der Waals surface area contributed by atoms with E-state index < -0.39 is 5.91 Å². The van der Waals surface area contributed by atoms with Gasteiger partial charge in [-0.3, -0.25) is 9.59 Å². The Morgan fingerprint density at radius 3 is 2.64 bits per heavy atom. The molecule has 1 amide bonds. The van der Waals surface area contributed by atoms with Gasteiger partial charge in [0.05, 0.1) is 24.2 Å². The van der Waals surface area contributed by atoms with Crippen molar-refractivity contribution in [3.05, 3.63) is 93.2 Å². The van der Waals surface area contributed by atoms with Gasteiger partial charge < -0.3 is 19.6 Å². The van der Waals surface area contributed by atoms with Gasteiger partial charge in [0.2, 0.25) is 0 Å². The Morgan fingerprint density at radius 2 is 1.88 bits per heavy atom. The minimum absolute atomic E-state index is 0.156. The van der Waals surface area contributed by atoms with Crippen LogP contribution in [-0.4, -0.2) is 27.6 Å². The molecule has 0 aliphatic rings. The maximum Gasteiger partial charge on any atom is 0.257 e. The predicted octanol–water partition coefficient (Wildman–Crippen LogP) is 4.08. The lowest BCUT2D eigenvalue weighted by atomic mass is 10.1. The molecule has 4 rings (SSSR count). The summed E-state index contributed by atoms with van der Waals surface area (Å²) < 4.78 is 7.46. The van der Waals surface area contributed by atoms with Gasteiger partial charge in [-0.15, -0.1) is 0 Å². The maximum absolute atomic E-state index is 13.1. The standard InChI is InChI=1S/C26H28N4O3/c1-16-15-22(31)24(18(3)30(16)14-13-19-9-5-8-12-23(19)33-4)26(32)27-17(2)25-28-20-10-6-7-11-21(20)29-25/h5-12,15,17H,13-14H2,1-4H3,(H,27,32)(H,28,29)/t17-/m0/s1. The number of benzene rings is 2. The molecule has 2 aromatic heterocycles. The number of aromatic nitrogens is 3. The summed E-state index contributed by atoms with van der Waals surface area (Å²) in [5.41, 5.74) is 4.13. The van der Waals surface area contributed by atoms with Crippen LogP contribution in [0.4, 0.5) is 0 Å². The number of methoxy groups -OCH3 is 1. The van der Waals surface area contributed by atoms with Crippen molar-refractivity contribution in [1.82, 2.24) is 19.9 Å². The summed E-state index contributed by atoms with van der Waals surface area (Å²) in [4.78, 5) is 33.7. The second-order valence-electron chi connectivity index (χ2n) is 8.16. The average Bonchev–Trinajstić information content (AvgIpc) is 3.23. The summed E-state index contributed by atoms with van der Waals surface area (Å²) in [5, 5.41) is 2.93. The fraction of sp³-hybridized carbons (Fsp3) is 0.269. The van der Waals surface area contributed by atoms with Crippen LogP contribution in [0, 0.1) is 13.8 Å². The molecule has 2 N–H and O–H groups in total. The zero-order chi connectivity index (χ0) is 23.5. The average molecular weight is 445 g/mol. The molecule has 7 nitrogen and oxygen atoms in total. The number of hydrogen-bond acceptors (Lipinski definition) is 4. The van der Waals surface area contributed by atoms with Crippen LogP contribution in [0.1, 0.15) is 46.1 Å². The first-order valence-corrected chi connectivity index (χ1v) is 11.0. The second-order valence-corrected chi connectivity index (χ2v) is 8.16. The highest BCUT2D eigenvalue weighted by molar-refractivity contribution is 5.95. The topological polar surface area (TPSA) is 89.0 Å². The quantitative estimate of drug-likeness (QED) is 0.449. The molecule has 0 aliphatic carbocycles. The van der Waals surface area contributed by atoms with E-state index in [0.717, 1.165) is 28.0 Å². The van der Waals surface area contributed by atoms with Crippen LogP contribution < -0.4 is 15.5 Å². The molecule has 0 fully saturated rings. The fourth-order valence-electron chi connectivity index (χ4n) is 4.19. The molecule has 0 unspecified atom stereocenters. The Morgan fingerprint density at radius 1 is 1.15 bits per heavy atom. The molecular formula is C26H28N4O3. The first-order chi connectivity index (χ1) is 15.9. The molecule has 0 saturated heterocycles. The van der Waals surface area contributed by atoms with Crippen molar-refractivity contribution in [2.75, 3.05) is 7.11 Å². The van der Waals surface area contributed by atoms with Crippen molar-refractivity contribution < 1.29 is 9.53 Å². The van der Waals surface area contributed by atoms with Gasteiger partial charge in [0, 0.05) is 24.0 Å². The van der Waals surface area contributed by atoms with Crippen molar-refractivity contribution >= 4 is 16.9 Å². The van der Waals surface area contributed by atoms with Gasteiger partial charge in [-0.1, -0.05) is 30.3 Å². The van der Waals surface area contributed by atoms with Crippen molar-refractivity contribution in [3.63, 3.8) is 0 Å². The number of fused-ring (bicyclic) bond motifs is 1. The third-order valence-electron chi connectivity index (χ3n) is 5.97. The molecule has 1 atom stereocenters. The van der Waals surface area contributed by atoms with E-state index in [9.17, 15) is 9.59 Å². The largest absolute Gasteiger partial charge is 0.496 e. The molecular weight excluding hydrogens is 416 g/mol. The smallest absolute Gasteiger partial charge is 0.257 e. The van der Waals surface area contributed by atoms with Crippen molar-refractivity contribution in [3.8, 4) is 5.75 Å². The van der Waals surface area contributed by atoms with Gasteiger partial charge in [0.15, 0.2) is 5.43 Å². The van der Waals surface area contributed by atoms with Crippen LogP contribution in [0.3, 0.4) is 0 Å². The number of H-pyrrole nitrogens is 1. The predicted molar refractivity (Wildman–Crippen MR) is 129 cm³/mol. The molecule has 4 aromatic rings. The number of amides is 1. The number of nitrogens with zero attached hydrogens (tertiary/aromatic N) is 2. The molecule has 0 saturated carbocycles. The number of imidazole rings is 1. The van der Waals surface area contributed by atoms with Crippen LogP contribution in [0.2, 0.25) is 0 Å². The molecule has 7 heteroatoms. The number of ether oxygens (including phenoxy) is 1. The number of rotatable bonds is 7. The highest BCUT2D eigenvalue weighted by Gasteiger charge is 2.21. The first-order valence-electron chi connectivity index (χ1n) is 11.0. The summed E-state index contributed by atoms with van der Waals surface area (Å²) >= 11 is 0. The van der Waals surface area contributed by atoms with Crippen LogP contribution in [-0.2, 0) is 13.0 Å². The van der Waals surface area contributed by atoms with Gasteiger partial charge >= 0.3 is 0 Å². The Hall–Kier alpha value is -3.87. The van der Waals surface area contributed by atoms with Crippen molar-refractivity contribution in [1.29, 1.82) is 0 Å². The van der Waals surface area contributed by atoms with E-state index >= 15 is 0 Å². The zero-order valence-electron chi connectivity index (χ0n) is 19.3. The monoisotopic (exact) mass is 444 g/mol. The highest BCUT2D eigenvalue weighted by Crippen LogP contribution is 2.20. The summed E-state index contributed by atoms with van der Waals surface area (Å²) in [5.74, 6) is 1.06. The minimum atomic E-state index is -0.406. The number of para-hydroxylation sites is 3. The maximum atomic E-state index is 13.1. The Bertz CT molecular complexity index is 1340. The van der Waals surface area contributed by atoms with Crippen LogP contribution in [0.15, 0.2) is 59.4 Å². The molecule has 0 bridgehead atoms. The number of carbonyl (C=O) groups is 1. The number of aryl methyl sites for hydroxylation is 2. The van der Waals surface area contributed by atoms with Crippen LogP contribution in [0.25, 0.3) is 11.0 Å². The lowest BCUT2D eigenvalue weighted by Gasteiger charge is -2.19. The normalized spacial score (nSPS) is 12.0. The molecule has 2 heterocycles. The molecule has 170 valence electrons. The Balaban J connectivity index is 1.58. The molecule has 2 aromatic carbocycles. The van der Waals surface area contributed by atoms with E-state index in [2.05, 4.69) is 15.3 Å². The van der Waals surface area contributed by atoms with E-state index in [1.54, 1.807) is 7.11 Å². The summed E-state index contributed by atoms with van der Waals surface area (Å²) in [6, 6.07) is 16.7. The van der Waals surface area contributed by atoms with Crippen LogP contribution >= 0.6 is 0 Å². The van der Waals surface area contributed by atoms with Gasteiger partial charge in [0.25, 0.3) is 5.91 Å². The van der Waals surface area contributed by atoms with Gasteiger partial charge in [0.1, 0.15) is 17.1 Å². The van der Waals surface area contributed by atoms with E-state index in [1.165, 1.54) is 6.07 Å². The van der Waals surface area contributed by atoms with E-state index in [1.807, 2.05) is 73.9 Å². The van der Waals surface area contributed by atoms with Gasteiger partial charge in [-0.2, -0.15) is 0 Å². The number of aromatic amines is 1. The molecule has 0 radical (unpaired) electrons. The van der Waals surface area contributed by atoms with Crippen molar-refractivity contribution in [2.45, 2.75) is 39.8 Å². The lowest BCUT2D eigenvalue weighted by molar-refractivity contribution is 0.0935. The van der Waals surface area contributed by atoms with Gasteiger partial charge in [-0.25, -0.2) is 4.98 Å². The van der Waals surface area contributed by atoms with E-state index in [4.69, 9.17) is 4.74 Å². The third kappa shape index (κ3) is 4.53. The Kier molecular flexibility index (Phi) is 6.31. The summed E-state index contributed by atoms with van der Waals surface area (Å²) in [6.07, 6.45) is 0.713. The first kappa shape index (κ1) is 22.3. The van der Waals surface area contributed by atoms with E-state index in [0.29, 0.717) is 24.5 Å². The second kappa shape index (κ2) is 9.32. The number of hydrogen-bond donors (Lipinski definition) is 2. The number of nitrogens with one attached hydrogen (secondary N) is 2. The van der Waals surface area contributed by atoms with Crippen molar-refractivity contribution in [2.24, 2.45) is 0 Å². The SMILES string of the molecule is COc1ccccc1CCn1c(C)cc(=O)c(C(=O)N[C@@H](C)c2nc3ccccc3[nH]2)c1C.